The predicted octanol–water partition coefficient (Wildman–Crippen LogP) is 3.87. The summed E-state index contributed by atoms with van der Waals surface area (Å²) < 4.78 is 26.5. The molecule has 1 fully saturated rings. The van der Waals surface area contributed by atoms with Gasteiger partial charge < -0.3 is 10.6 Å². The summed E-state index contributed by atoms with van der Waals surface area (Å²) in [4.78, 5) is 2.48. The molecule has 1 aliphatic rings. The van der Waals surface area contributed by atoms with E-state index in [1.165, 1.54) is 31.4 Å². The van der Waals surface area contributed by atoms with Crippen molar-refractivity contribution in [2.24, 2.45) is 11.7 Å². The number of halogens is 2. The summed E-state index contributed by atoms with van der Waals surface area (Å²) in [7, 11) is 0. The van der Waals surface area contributed by atoms with Gasteiger partial charge in [0.2, 0.25) is 0 Å². The molecule has 118 valence electrons. The Bertz CT molecular complexity index is 438. The van der Waals surface area contributed by atoms with E-state index in [0.29, 0.717) is 17.5 Å². The minimum atomic E-state index is -0.556. The van der Waals surface area contributed by atoms with Gasteiger partial charge in [-0.1, -0.05) is 13.8 Å². The standard InChI is InChI=1S/C17H26F2N2/c1-12(2)5-7-21(16-3-4-16)8-6-17(20)13-9-14(18)11-15(19)10-13/h9-12,16-17H,3-8,20H2,1-2H3. The monoisotopic (exact) mass is 296 g/mol. The molecule has 0 bridgehead atoms. The molecule has 21 heavy (non-hydrogen) atoms. The fourth-order valence-corrected chi connectivity index (χ4v) is 2.60. The summed E-state index contributed by atoms with van der Waals surface area (Å²) >= 11 is 0. The molecule has 0 saturated heterocycles. The molecular formula is C17H26F2N2. The molecule has 4 heteroatoms. The van der Waals surface area contributed by atoms with E-state index in [1.807, 2.05) is 0 Å². The van der Waals surface area contributed by atoms with E-state index in [2.05, 4.69) is 18.7 Å². The van der Waals surface area contributed by atoms with E-state index < -0.39 is 11.6 Å². The highest BCUT2D eigenvalue weighted by atomic mass is 19.1. The predicted molar refractivity (Wildman–Crippen MR) is 82.0 cm³/mol. The Labute approximate surface area is 126 Å². The van der Waals surface area contributed by atoms with Crippen LogP contribution in [0.1, 0.15) is 51.1 Å². The molecule has 1 aromatic rings. The second-order valence-corrected chi connectivity index (χ2v) is 6.55. The summed E-state index contributed by atoms with van der Waals surface area (Å²) in [6, 6.07) is 3.94. The minimum absolute atomic E-state index is 0.310. The highest BCUT2D eigenvalue weighted by Crippen LogP contribution is 2.28. The number of nitrogens with zero attached hydrogens (tertiary/aromatic N) is 1. The van der Waals surface area contributed by atoms with Crippen LogP contribution < -0.4 is 5.73 Å². The van der Waals surface area contributed by atoms with E-state index in [-0.39, 0.29) is 6.04 Å². The molecule has 0 spiro atoms. The first-order valence-corrected chi connectivity index (χ1v) is 7.91. The van der Waals surface area contributed by atoms with Crippen LogP contribution in [0.3, 0.4) is 0 Å². The van der Waals surface area contributed by atoms with Gasteiger partial charge in [-0.3, -0.25) is 0 Å². The quantitative estimate of drug-likeness (QED) is 0.789. The fourth-order valence-electron chi connectivity index (χ4n) is 2.60. The van der Waals surface area contributed by atoms with Gasteiger partial charge >= 0.3 is 0 Å². The zero-order valence-corrected chi connectivity index (χ0v) is 13.0. The third-order valence-corrected chi connectivity index (χ3v) is 4.10. The SMILES string of the molecule is CC(C)CCN(CCC(N)c1cc(F)cc(F)c1)C1CC1. The Morgan fingerprint density at radius 2 is 1.67 bits per heavy atom. The first-order chi connectivity index (χ1) is 9.95. The van der Waals surface area contributed by atoms with E-state index in [4.69, 9.17) is 5.73 Å². The van der Waals surface area contributed by atoms with E-state index in [0.717, 1.165) is 25.6 Å². The van der Waals surface area contributed by atoms with Crippen molar-refractivity contribution < 1.29 is 8.78 Å². The third kappa shape index (κ3) is 5.36. The van der Waals surface area contributed by atoms with Crippen LogP contribution in [0.5, 0.6) is 0 Å². The Morgan fingerprint density at radius 1 is 1.10 bits per heavy atom. The third-order valence-electron chi connectivity index (χ3n) is 4.10. The summed E-state index contributed by atoms with van der Waals surface area (Å²) in [5, 5.41) is 0. The Hall–Kier alpha value is -1.00. The molecule has 0 aromatic heterocycles. The lowest BCUT2D eigenvalue weighted by atomic mass is 10.0. The van der Waals surface area contributed by atoms with Crippen LogP contribution in [0, 0.1) is 17.6 Å². The summed E-state index contributed by atoms with van der Waals surface area (Å²) in [5.41, 5.74) is 6.65. The van der Waals surface area contributed by atoms with Crippen molar-refractivity contribution in [3.05, 3.63) is 35.4 Å². The van der Waals surface area contributed by atoms with Crippen LogP contribution in [0.15, 0.2) is 18.2 Å². The zero-order chi connectivity index (χ0) is 15.4. The lowest BCUT2D eigenvalue weighted by Crippen LogP contribution is -2.31. The highest BCUT2D eigenvalue weighted by Gasteiger charge is 2.28. The highest BCUT2D eigenvalue weighted by molar-refractivity contribution is 5.21. The molecule has 0 amide bonds. The van der Waals surface area contributed by atoms with Crippen molar-refractivity contribution in [1.29, 1.82) is 0 Å². The van der Waals surface area contributed by atoms with Gasteiger partial charge in [0.1, 0.15) is 11.6 Å². The number of nitrogens with two attached hydrogens (primary N) is 1. The van der Waals surface area contributed by atoms with Gasteiger partial charge in [0.05, 0.1) is 0 Å². The van der Waals surface area contributed by atoms with Gasteiger partial charge in [0.15, 0.2) is 0 Å². The van der Waals surface area contributed by atoms with Crippen LogP contribution in [0.4, 0.5) is 8.78 Å². The van der Waals surface area contributed by atoms with Gasteiger partial charge in [0.25, 0.3) is 0 Å². The molecule has 0 heterocycles. The fraction of sp³-hybridized carbons (Fsp3) is 0.647. The van der Waals surface area contributed by atoms with Crippen molar-refractivity contribution >= 4 is 0 Å². The average molecular weight is 296 g/mol. The van der Waals surface area contributed by atoms with Gasteiger partial charge in [-0.25, -0.2) is 8.78 Å². The molecule has 1 atom stereocenters. The molecule has 2 N–H and O–H groups in total. The Balaban J connectivity index is 1.87. The molecule has 1 unspecified atom stereocenters. The van der Waals surface area contributed by atoms with Crippen LogP contribution >= 0.6 is 0 Å². The van der Waals surface area contributed by atoms with Gasteiger partial charge in [-0.15, -0.1) is 0 Å². The van der Waals surface area contributed by atoms with E-state index >= 15 is 0 Å². The number of benzene rings is 1. The molecule has 1 aromatic carbocycles. The van der Waals surface area contributed by atoms with Crippen molar-refractivity contribution in [2.45, 2.75) is 51.6 Å². The van der Waals surface area contributed by atoms with Crippen molar-refractivity contribution in [3.63, 3.8) is 0 Å². The molecular weight excluding hydrogens is 270 g/mol. The number of rotatable bonds is 8. The Kier molecular flexibility index (Phi) is 5.71. The second kappa shape index (κ2) is 7.32. The van der Waals surface area contributed by atoms with Crippen LogP contribution in [0.2, 0.25) is 0 Å². The maximum Gasteiger partial charge on any atom is 0.126 e. The summed E-state index contributed by atoms with van der Waals surface area (Å²) in [6.45, 7) is 6.45. The maximum atomic E-state index is 13.2. The summed E-state index contributed by atoms with van der Waals surface area (Å²) in [5.74, 6) is -0.421. The minimum Gasteiger partial charge on any atom is -0.324 e. The number of hydrogen-bond acceptors (Lipinski definition) is 2. The van der Waals surface area contributed by atoms with Gasteiger partial charge in [0, 0.05) is 24.7 Å². The van der Waals surface area contributed by atoms with Crippen molar-refractivity contribution in [2.75, 3.05) is 13.1 Å². The van der Waals surface area contributed by atoms with Crippen molar-refractivity contribution in [3.8, 4) is 0 Å². The molecule has 1 saturated carbocycles. The van der Waals surface area contributed by atoms with Crippen molar-refractivity contribution in [1.82, 2.24) is 4.90 Å². The smallest absolute Gasteiger partial charge is 0.126 e. The zero-order valence-electron chi connectivity index (χ0n) is 13.0. The molecule has 0 aliphatic heterocycles. The lowest BCUT2D eigenvalue weighted by Gasteiger charge is -2.24. The van der Waals surface area contributed by atoms with Gasteiger partial charge in [-0.2, -0.15) is 0 Å². The summed E-state index contributed by atoms with van der Waals surface area (Å²) in [6.07, 6.45) is 4.45. The average Bonchev–Trinajstić information content (AvgIpc) is 3.21. The van der Waals surface area contributed by atoms with Crippen LogP contribution in [-0.4, -0.2) is 24.0 Å². The largest absolute Gasteiger partial charge is 0.324 e. The normalized spacial score (nSPS) is 16.7. The first kappa shape index (κ1) is 16.4. The van der Waals surface area contributed by atoms with Crippen LogP contribution in [-0.2, 0) is 0 Å². The lowest BCUT2D eigenvalue weighted by molar-refractivity contribution is 0.239. The van der Waals surface area contributed by atoms with Gasteiger partial charge in [-0.05, 0) is 55.8 Å². The maximum absolute atomic E-state index is 13.2. The molecule has 1 aliphatic carbocycles. The molecule has 2 rings (SSSR count). The molecule has 0 radical (unpaired) electrons. The van der Waals surface area contributed by atoms with E-state index in [9.17, 15) is 8.78 Å². The van der Waals surface area contributed by atoms with E-state index in [1.54, 1.807) is 0 Å². The first-order valence-electron chi connectivity index (χ1n) is 7.91. The topological polar surface area (TPSA) is 29.3 Å². The second-order valence-electron chi connectivity index (χ2n) is 6.55. The van der Waals surface area contributed by atoms with Crippen LogP contribution in [0.25, 0.3) is 0 Å². The Morgan fingerprint density at radius 3 is 2.19 bits per heavy atom. The number of hydrogen-bond donors (Lipinski definition) is 1. The molecule has 2 nitrogen and oxygen atoms in total.